The van der Waals surface area contributed by atoms with E-state index in [0.29, 0.717) is 29.4 Å². The van der Waals surface area contributed by atoms with Crippen molar-refractivity contribution in [3.63, 3.8) is 0 Å². The van der Waals surface area contributed by atoms with Crippen LogP contribution in [0.4, 0.5) is 0 Å². The SMILES string of the molecule is CO[C@@H]1CCN(S(=O)(=O)c2ccc(C(=O)N[C@@H]3CCc4cc(Cl)ccc43)s2)C1. The number of nitrogens with zero attached hydrogens (tertiary/aromatic N) is 1. The molecule has 1 aliphatic carbocycles. The lowest BCUT2D eigenvalue weighted by atomic mass is 10.1. The molecule has 0 unspecified atom stereocenters. The van der Waals surface area contributed by atoms with Crippen LogP contribution in [-0.4, -0.2) is 44.9 Å². The normalized spacial score (nSPS) is 22.4. The fourth-order valence-electron chi connectivity index (χ4n) is 3.78. The van der Waals surface area contributed by atoms with Gasteiger partial charge in [-0.3, -0.25) is 4.79 Å². The number of halogens is 1. The molecule has 1 aliphatic heterocycles. The molecule has 2 aromatic rings. The second kappa shape index (κ2) is 7.76. The number of hydrogen-bond acceptors (Lipinski definition) is 5. The van der Waals surface area contributed by atoms with Gasteiger partial charge in [0.1, 0.15) is 4.21 Å². The third kappa shape index (κ3) is 3.71. The zero-order valence-electron chi connectivity index (χ0n) is 15.4. The van der Waals surface area contributed by atoms with Gasteiger partial charge in [-0.2, -0.15) is 4.31 Å². The molecular weight excluding hydrogens is 420 g/mol. The third-order valence-corrected chi connectivity index (χ3v) is 8.98. The van der Waals surface area contributed by atoms with E-state index in [4.69, 9.17) is 16.3 Å². The molecule has 6 nitrogen and oxygen atoms in total. The zero-order valence-corrected chi connectivity index (χ0v) is 17.7. The Balaban J connectivity index is 1.47. The number of ether oxygens (including phenoxy) is 1. The van der Waals surface area contributed by atoms with Gasteiger partial charge in [0.25, 0.3) is 15.9 Å². The van der Waals surface area contributed by atoms with Crippen molar-refractivity contribution in [3.05, 3.63) is 51.4 Å². The number of carbonyl (C=O) groups excluding carboxylic acids is 1. The van der Waals surface area contributed by atoms with Crippen LogP contribution in [0.3, 0.4) is 0 Å². The van der Waals surface area contributed by atoms with Crippen molar-refractivity contribution in [3.8, 4) is 0 Å². The molecule has 150 valence electrons. The number of methoxy groups -OCH3 is 1. The number of nitrogens with one attached hydrogen (secondary N) is 1. The summed E-state index contributed by atoms with van der Waals surface area (Å²) in [6, 6.07) is 8.71. The minimum absolute atomic E-state index is 0.0755. The highest BCUT2D eigenvalue weighted by Gasteiger charge is 2.34. The number of thiophene rings is 1. The van der Waals surface area contributed by atoms with Gasteiger partial charge in [-0.15, -0.1) is 11.3 Å². The maximum absolute atomic E-state index is 12.8. The van der Waals surface area contributed by atoms with Gasteiger partial charge in [0.2, 0.25) is 0 Å². The first kappa shape index (κ1) is 19.8. The molecule has 9 heteroatoms. The number of sulfonamides is 1. The highest BCUT2D eigenvalue weighted by atomic mass is 35.5. The monoisotopic (exact) mass is 440 g/mol. The van der Waals surface area contributed by atoms with Crippen LogP contribution < -0.4 is 5.32 Å². The predicted octanol–water partition coefficient (Wildman–Crippen LogP) is 3.23. The summed E-state index contributed by atoms with van der Waals surface area (Å²) in [4.78, 5) is 13.1. The van der Waals surface area contributed by atoms with Gasteiger partial charge in [-0.25, -0.2) is 8.42 Å². The number of hydrogen-bond donors (Lipinski definition) is 1. The van der Waals surface area contributed by atoms with E-state index in [0.717, 1.165) is 35.3 Å². The van der Waals surface area contributed by atoms with Crippen LogP contribution in [0.25, 0.3) is 0 Å². The van der Waals surface area contributed by atoms with E-state index in [1.54, 1.807) is 13.2 Å². The highest BCUT2D eigenvalue weighted by molar-refractivity contribution is 7.91. The second-order valence-electron chi connectivity index (χ2n) is 7.04. The van der Waals surface area contributed by atoms with Gasteiger partial charge >= 0.3 is 0 Å². The Morgan fingerprint density at radius 3 is 2.86 bits per heavy atom. The number of amides is 1. The average molecular weight is 441 g/mol. The zero-order chi connectivity index (χ0) is 19.9. The summed E-state index contributed by atoms with van der Waals surface area (Å²) in [5, 5.41) is 3.71. The van der Waals surface area contributed by atoms with Crippen LogP contribution in [0.1, 0.15) is 39.7 Å². The summed E-state index contributed by atoms with van der Waals surface area (Å²) < 4.78 is 32.5. The Hall–Kier alpha value is -1.45. The topological polar surface area (TPSA) is 75.7 Å². The molecule has 28 heavy (non-hydrogen) atoms. The first-order valence-electron chi connectivity index (χ1n) is 9.10. The smallest absolute Gasteiger partial charge is 0.261 e. The third-order valence-electron chi connectivity index (χ3n) is 5.33. The lowest BCUT2D eigenvalue weighted by molar-refractivity contribution is 0.0941. The predicted molar refractivity (Wildman–Crippen MR) is 108 cm³/mol. The molecule has 2 atom stereocenters. The quantitative estimate of drug-likeness (QED) is 0.774. The van der Waals surface area contributed by atoms with E-state index >= 15 is 0 Å². The van der Waals surface area contributed by atoms with Crippen LogP contribution in [0.5, 0.6) is 0 Å². The summed E-state index contributed by atoms with van der Waals surface area (Å²) in [6.45, 7) is 0.779. The van der Waals surface area contributed by atoms with Crippen molar-refractivity contribution < 1.29 is 17.9 Å². The highest BCUT2D eigenvalue weighted by Crippen LogP contribution is 2.34. The molecule has 4 rings (SSSR count). The number of rotatable bonds is 5. The molecule has 0 saturated carbocycles. The molecular formula is C19H21ClN2O4S2. The molecule has 1 aromatic heterocycles. The number of aryl methyl sites for hydroxylation is 1. The molecule has 1 fully saturated rings. The van der Waals surface area contributed by atoms with Gasteiger partial charge in [0, 0.05) is 25.2 Å². The summed E-state index contributed by atoms with van der Waals surface area (Å²) >= 11 is 7.04. The number of carbonyl (C=O) groups is 1. The Bertz CT molecular complexity index is 1010. The van der Waals surface area contributed by atoms with Gasteiger partial charge in [0.05, 0.1) is 17.0 Å². The van der Waals surface area contributed by atoms with Crippen LogP contribution in [0, 0.1) is 0 Å². The van der Waals surface area contributed by atoms with Crippen molar-refractivity contribution in [1.29, 1.82) is 0 Å². The van der Waals surface area contributed by atoms with Crippen LogP contribution >= 0.6 is 22.9 Å². The van der Waals surface area contributed by atoms with Crippen molar-refractivity contribution in [2.24, 2.45) is 0 Å². The summed E-state index contributed by atoms with van der Waals surface area (Å²) in [7, 11) is -2.01. The fraction of sp³-hybridized carbons (Fsp3) is 0.421. The first-order chi connectivity index (χ1) is 13.4. The Morgan fingerprint density at radius 1 is 1.29 bits per heavy atom. The van der Waals surface area contributed by atoms with Gasteiger partial charge in [-0.1, -0.05) is 17.7 Å². The Labute approximate surface area is 173 Å². The van der Waals surface area contributed by atoms with Crippen molar-refractivity contribution >= 4 is 38.9 Å². The number of fused-ring (bicyclic) bond motifs is 1. The maximum Gasteiger partial charge on any atom is 0.261 e. The first-order valence-corrected chi connectivity index (χ1v) is 11.7. The summed E-state index contributed by atoms with van der Waals surface area (Å²) in [5.74, 6) is -0.254. The molecule has 1 amide bonds. The lowest BCUT2D eigenvalue weighted by Gasteiger charge is -2.15. The maximum atomic E-state index is 12.8. The van der Waals surface area contributed by atoms with E-state index in [1.165, 1.54) is 10.4 Å². The number of benzene rings is 1. The molecule has 0 spiro atoms. The molecule has 1 aromatic carbocycles. The molecule has 1 saturated heterocycles. The average Bonchev–Trinajstić information content (AvgIpc) is 3.41. The molecule has 0 radical (unpaired) electrons. The van der Waals surface area contributed by atoms with E-state index < -0.39 is 10.0 Å². The molecule has 1 N–H and O–H groups in total. The van der Waals surface area contributed by atoms with Crippen molar-refractivity contribution in [1.82, 2.24) is 9.62 Å². The van der Waals surface area contributed by atoms with E-state index in [2.05, 4.69) is 5.32 Å². The van der Waals surface area contributed by atoms with Crippen LogP contribution in [0.2, 0.25) is 5.02 Å². The van der Waals surface area contributed by atoms with E-state index in [1.807, 2.05) is 18.2 Å². The minimum Gasteiger partial charge on any atom is -0.380 e. The summed E-state index contributed by atoms with van der Waals surface area (Å²) in [6.07, 6.45) is 2.28. The largest absolute Gasteiger partial charge is 0.380 e. The second-order valence-corrected chi connectivity index (χ2v) is 10.7. The summed E-state index contributed by atoms with van der Waals surface area (Å²) in [5.41, 5.74) is 2.22. The van der Waals surface area contributed by atoms with E-state index in [9.17, 15) is 13.2 Å². The van der Waals surface area contributed by atoms with Gasteiger partial charge in [-0.05, 0) is 54.7 Å². The van der Waals surface area contributed by atoms with Crippen LogP contribution in [-0.2, 0) is 21.2 Å². The van der Waals surface area contributed by atoms with Gasteiger partial charge in [0.15, 0.2) is 0 Å². The molecule has 2 aliphatic rings. The Morgan fingerprint density at radius 2 is 2.11 bits per heavy atom. The Kier molecular flexibility index (Phi) is 5.50. The fourth-order valence-corrected chi connectivity index (χ4v) is 6.83. The standard InChI is InChI=1S/C19H21ClN2O4S2/c1-26-14-8-9-22(11-14)28(24,25)18-7-6-17(27-18)19(23)21-16-5-2-12-10-13(20)3-4-15(12)16/h3-4,6-7,10,14,16H,2,5,8-9,11H2,1H3,(H,21,23)/t14-,16-/m1/s1. The van der Waals surface area contributed by atoms with Crippen molar-refractivity contribution in [2.75, 3.05) is 20.2 Å². The van der Waals surface area contributed by atoms with Crippen LogP contribution in [0.15, 0.2) is 34.5 Å². The lowest BCUT2D eigenvalue weighted by Crippen LogP contribution is -2.29. The molecule has 0 bridgehead atoms. The van der Waals surface area contributed by atoms with E-state index in [-0.39, 0.29) is 22.3 Å². The van der Waals surface area contributed by atoms with Gasteiger partial charge < -0.3 is 10.1 Å². The van der Waals surface area contributed by atoms with Crippen molar-refractivity contribution in [2.45, 2.75) is 35.6 Å². The molecule has 2 heterocycles. The minimum atomic E-state index is -3.60.